The first-order chi connectivity index (χ1) is 27.2. The van der Waals surface area contributed by atoms with Crippen molar-refractivity contribution in [3.63, 3.8) is 0 Å². The van der Waals surface area contributed by atoms with E-state index in [4.69, 9.17) is 5.73 Å². The van der Waals surface area contributed by atoms with Crippen LogP contribution in [0.2, 0.25) is 0 Å². The summed E-state index contributed by atoms with van der Waals surface area (Å²) in [7, 11) is 0. The Morgan fingerprint density at radius 1 is 0.930 bits per heavy atom. The molecule has 5 atom stereocenters. The molecule has 3 aliphatic rings. The molecule has 4 rings (SSSR count). The largest absolute Gasteiger partial charge is 0.368 e. The van der Waals surface area contributed by atoms with E-state index in [1.807, 2.05) is 6.92 Å². The van der Waals surface area contributed by atoms with E-state index >= 15 is 0 Å². The van der Waals surface area contributed by atoms with Crippen LogP contribution in [0, 0.1) is 22.0 Å². The molecule has 1 fully saturated rings. The van der Waals surface area contributed by atoms with Crippen LogP contribution in [0.5, 0.6) is 0 Å². The summed E-state index contributed by atoms with van der Waals surface area (Å²) in [4.78, 5) is 95.9. The Bertz CT molecular complexity index is 1550. The molecule has 16 nitrogen and oxygen atoms in total. The summed E-state index contributed by atoms with van der Waals surface area (Å²) in [5.74, 6) is -4.53. The standard InChI is InChI=1S/C41H66N8O8/c1-6-8-9-10-11-12-13-14-15-16-21-43-34(50)26-48-31-20-19-29(24-33(31)49(56)57)23-30(38(42)52)45-40(54)36(27(3)4)46-39(53)32-18-17-22-47(32)35(51)25-44-41(55)37(48)28(5)7-2/h19-20,24,27-28,30,32,36-37H,6-18,21-23,25-26H2,1-5H3,(H2,42,52)(H,43,50)(H,44,55)(H,45,54)(H,46,53)/t28-,30+,32+,36+,37-/m1/s1. The van der Waals surface area contributed by atoms with Crippen LogP contribution in [0.3, 0.4) is 0 Å². The molecule has 3 heterocycles. The third-order valence-corrected chi connectivity index (χ3v) is 11.1. The third-order valence-electron chi connectivity index (χ3n) is 11.1. The van der Waals surface area contributed by atoms with Gasteiger partial charge in [0.05, 0.1) is 18.0 Å². The number of nitro benzene ring substituents is 1. The lowest BCUT2D eigenvalue weighted by Crippen LogP contribution is -2.58. The molecule has 0 aromatic heterocycles. The fourth-order valence-corrected chi connectivity index (χ4v) is 7.61. The van der Waals surface area contributed by atoms with E-state index in [1.54, 1.807) is 20.8 Å². The number of rotatable bonds is 18. The van der Waals surface area contributed by atoms with Crippen molar-refractivity contribution in [1.29, 1.82) is 0 Å². The molecular weight excluding hydrogens is 732 g/mol. The Hall–Kier alpha value is -4.76. The summed E-state index contributed by atoms with van der Waals surface area (Å²) in [5, 5.41) is 23.7. The summed E-state index contributed by atoms with van der Waals surface area (Å²) >= 11 is 0. The molecule has 3 aliphatic heterocycles. The van der Waals surface area contributed by atoms with E-state index in [2.05, 4.69) is 28.2 Å². The molecular formula is C41H66N8O8. The fraction of sp³-hybridized carbons (Fsp3) is 0.707. The first-order valence-corrected chi connectivity index (χ1v) is 21.0. The number of amides is 6. The number of carbonyl (C=O) groups is 6. The molecule has 2 bridgehead atoms. The Balaban J connectivity index is 1.96. The lowest BCUT2D eigenvalue weighted by atomic mass is 9.95. The van der Waals surface area contributed by atoms with Crippen molar-refractivity contribution in [2.45, 2.75) is 149 Å². The van der Waals surface area contributed by atoms with Crippen molar-refractivity contribution < 1.29 is 33.7 Å². The zero-order chi connectivity index (χ0) is 42.1. The minimum absolute atomic E-state index is 0.00327. The minimum Gasteiger partial charge on any atom is -0.368 e. The molecule has 6 N–H and O–H groups in total. The maximum atomic E-state index is 14.2. The minimum atomic E-state index is -1.29. The predicted octanol–water partition coefficient (Wildman–Crippen LogP) is 3.63. The summed E-state index contributed by atoms with van der Waals surface area (Å²) < 4.78 is 0. The number of anilines is 1. The predicted molar refractivity (Wildman–Crippen MR) is 218 cm³/mol. The number of hydrogen-bond donors (Lipinski definition) is 5. The lowest BCUT2D eigenvalue weighted by Gasteiger charge is -2.35. The van der Waals surface area contributed by atoms with Crippen molar-refractivity contribution in [1.82, 2.24) is 26.2 Å². The summed E-state index contributed by atoms with van der Waals surface area (Å²) in [6.07, 6.45) is 12.5. The van der Waals surface area contributed by atoms with Crippen molar-refractivity contribution in [2.24, 2.45) is 17.6 Å². The van der Waals surface area contributed by atoms with E-state index in [0.29, 0.717) is 31.4 Å². The van der Waals surface area contributed by atoms with E-state index in [-0.39, 0.29) is 25.2 Å². The first-order valence-electron chi connectivity index (χ1n) is 21.0. The van der Waals surface area contributed by atoms with Gasteiger partial charge in [-0.15, -0.1) is 0 Å². The topological polar surface area (TPSA) is 226 Å². The van der Waals surface area contributed by atoms with Gasteiger partial charge in [-0.25, -0.2) is 0 Å². The zero-order valence-electron chi connectivity index (χ0n) is 34.6. The van der Waals surface area contributed by atoms with Gasteiger partial charge in [0.1, 0.15) is 29.9 Å². The lowest BCUT2D eigenvalue weighted by molar-refractivity contribution is -0.384. The third kappa shape index (κ3) is 14.0. The number of benzene rings is 1. The van der Waals surface area contributed by atoms with Crippen LogP contribution < -0.4 is 31.9 Å². The molecule has 0 aliphatic carbocycles. The highest BCUT2D eigenvalue weighted by Crippen LogP contribution is 2.33. The fourth-order valence-electron chi connectivity index (χ4n) is 7.61. The second kappa shape index (κ2) is 23.5. The van der Waals surface area contributed by atoms with E-state index in [0.717, 1.165) is 25.7 Å². The highest BCUT2D eigenvalue weighted by atomic mass is 16.6. The van der Waals surface area contributed by atoms with Gasteiger partial charge in [-0.05, 0) is 42.7 Å². The van der Waals surface area contributed by atoms with Crippen LogP contribution in [-0.4, -0.2) is 95.6 Å². The summed E-state index contributed by atoms with van der Waals surface area (Å²) in [6.45, 7) is 9.10. The number of unbranched alkanes of at least 4 members (excludes halogenated alkanes) is 9. The van der Waals surface area contributed by atoms with E-state index < -0.39 is 88.6 Å². The van der Waals surface area contributed by atoms with Crippen LogP contribution in [-0.2, 0) is 35.2 Å². The maximum Gasteiger partial charge on any atom is 0.292 e. The molecule has 1 saturated heterocycles. The number of hydrogen-bond acceptors (Lipinski definition) is 9. The molecule has 1 aromatic carbocycles. The van der Waals surface area contributed by atoms with Gasteiger partial charge in [0, 0.05) is 25.6 Å². The molecule has 16 heteroatoms. The number of primary amides is 1. The van der Waals surface area contributed by atoms with E-state index in [9.17, 15) is 38.9 Å². The molecule has 0 unspecified atom stereocenters. The van der Waals surface area contributed by atoms with Gasteiger partial charge < -0.3 is 36.8 Å². The summed E-state index contributed by atoms with van der Waals surface area (Å²) in [5.41, 5.74) is 5.57. The molecule has 318 valence electrons. The van der Waals surface area contributed by atoms with Gasteiger partial charge >= 0.3 is 0 Å². The maximum absolute atomic E-state index is 14.2. The molecule has 57 heavy (non-hydrogen) atoms. The Morgan fingerprint density at radius 3 is 2.18 bits per heavy atom. The van der Waals surface area contributed by atoms with Crippen LogP contribution >= 0.6 is 0 Å². The van der Waals surface area contributed by atoms with Crippen molar-refractivity contribution in [3.05, 3.63) is 33.9 Å². The Kier molecular flexibility index (Phi) is 19.2. The smallest absolute Gasteiger partial charge is 0.292 e. The highest BCUT2D eigenvalue weighted by molar-refractivity contribution is 5.96. The summed E-state index contributed by atoms with van der Waals surface area (Å²) in [6, 6.07) is -0.187. The van der Waals surface area contributed by atoms with Crippen LogP contribution in [0.25, 0.3) is 0 Å². The average molecular weight is 799 g/mol. The molecule has 6 amide bonds. The zero-order valence-corrected chi connectivity index (χ0v) is 34.6. The van der Waals surface area contributed by atoms with Crippen LogP contribution in [0.1, 0.15) is 124 Å². The highest BCUT2D eigenvalue weighted by Gasteiger charge is 2.39. The quantitative estimate of drug-likeness (QED) is 0.0829. The number of nitrogens with one attached hydrogen (secondary N) is 4. The van der Waals surface area contributed by atoms with Gasteiger partial charge in [0.2, 0.25) is 35.4 Å². The number of fused-ring (bicyclic) bond motifs is 13. The van der Waals surface area contributed by atoms with Gasteiger partial charge in [0.15, 0.2) is 0 Å². The first kappa shape index (κ1) is 46.6. The number of nitrogens with two attached hydrogens (primary N) is 1. The SMILES string of the molecule is CCCCCCCCCCCCNC(=O)CN1c2ccc(cc2[N+](=O)[O-])C[C@@H](C(N)=O)NC(=O)[C@H](C(C)C)NC(=O)[C@@H]2CCCN2C(=O)CNC(=O)[C@H]1[C@H](C)CC. The van der Waals surface area contributed by atoms with Gasteiger partial charge in [-0.2, -0.15) is 0 Å². The second-order valence-corrected chi connectivity index (χ2v) is 15.9. The van der Waals surface area contributed by atoms with Crippen molar-refractivity contribution in [3.8, 4) is 0 Å². The average Bonchev–Trinajstić information content (AvgIpc) is 3.67. The van der Waals surface area contributed by atoms with Gasteiger partial charge in [-0.3, -0.25) is 38.9 Å². The van der Waals surface area contributed by atoms with E-state index in [1.165, 1.54) is 66.5 Å². The van der Waals surface area contributed by atoms with Crippen LogP contribution in [0.4, 0.5) is 11.4 Å². The molecule has 0 saturated carbocycles. The normalized spacial score (nSPS) is 21.5. The second-order valence-electron chi connectivity index (χ2n) is 15.9. The van der Waals surface area contributed by atoms with Gasteiger partial charge in [-0.1, -0.05) is 105 Å². The Morgan fingerprint density at radius 2 is 1.58 bits per heavy atom. The molecule has 0 radical (unpaired) electrons. The number of carbonyl (C=O) groups excluding carboxylic acids is 6. The number of nitro groups is 1. The monoisotopic (exact) mass is 799 g/mol. The molecule has 1 aromatic rings. The van der Waals surface area contributed by atoms with Crippen molar-refractivity contribution in [2.75, 3.05) is 31.1 Å². The Labute approximate surface area is 337 Å². The molecule has 0 spiro atoms. The van der Waals surface area contributed by atoms with Crippen molar-refractivity contribution >= 4 is 46.8 Å². The van der Waals surface area contributed by atoms with Gasteiger partial charge in [0.25, 0.3) is 5.69 Å². The van der Waals surface area contributed by atoms with Crippen LogP contribution in [0.15, 0.2) is 18.2 Å². The number of nitrogens with zero attached hydrogens (tertiary/aromatic N) is 3.